The van der Waals surface area contributed by atoms with Gasteiger partial charge in [0, 0.05) is 109 Å². The fraction of sp³-hybridized carbons (Fsp3) is 0.643. The molecule has 6 aliphatic heterocycles. The van der Waals surface area contributed by atoms with Crippen molar-refractivity contribution in [2.75, 3.05) is 0 Å². The maximum Gasteiger partial charge on any atom is 0.304 e. The number of carboxylic acids is 5. The largest absolute Gasteiger partial charge is 0.481 e. The smallest absolute Gasteiger partial charge is 0.304 e. The van der Waals surface area contributed by atoms with E-state index in [1.807, 2.05) is 6.92 Å². The molecule has 3 fully saturated rings. The quantitative estimate of drug-likeness (QED) is 0.117. The van der Waals surface area contributed by atoms with Crippen molar-refractivity contribution in [3.8, 4) is 0 Å². The van der Waals surface area contributed by atoms with Crippen LogP contribution in [0, 0.1) is 46.3 Å². The predicted octanol–water partition coefficient (Wildman–Crippen LogP) is 2.33. The molecule has 1 saturated carbocycles. The first-order valence-electron chi connectivity index (χ1n) is 20.9. The fourth-order valence-electron chi connectivity index (χ4n) is 12.1. The van der Waals surface area contributed by atoms with Crippen molar-refractivity contribution in [1.82, 2.24) is 10.6 Å². The molecule has 19 heteroatoms. The van der Waals surface area contributed by atoms with Crippen LogP contribution in [0.4, 0.5) is 0 Å². The fourth-order valence-corrected chi connectivity index (χ4v) is 12.1. The maximum absolute atomic E-state index is 14.2. The summed E-state index contributed by atoms with van der Waals surface area (Å²) in [4.78, 5) is 117. The molecule has 0 radical (unpaired) electrons. The molecule has 1 aliphatic carbocycles. The summed E-state index contributed by atoms with van der Waals surface area (Å²) < 4.78 is 0. The lowest BCUT2D eigenvalue weighted by molar-refractivity contribution is -0.139. The van der Waals surface area contributed by atoms with Crippen molar-refractivity contribution >= 4 is 64.6 Å². The molecular formula is C42H52N6O13. The number of rotatable bonds is 15. The number of carboxylic acid groups (broad SMARTS) is 5. The summed E-state index contributed by atoms with van der Waals surface area (Å²) in [7, 11) is 0. The Hall–Kier alpha value is -5.75. The third-order valence-electron chi connectivity index (χ3n) is 14.8. The molecule has 9 N–H and O–H groups in total. The Morgan fingerprint density at radius 2 is 1.48 bits per heavy atom. The van der Waals surface area contributed by atoms with E-state index in [0.717, 1.165) is 0 Å². The zero-order chi connectivity index (χ0) is 44.3. The molecular weight excluding hydrogens is 796 g/mol. The normalized spacial score (nSPS) is 37.1. The van der Waals surface area contributed by atoms with E-state index < -0.39 is 106 Å². The first-order valence-corrected chi connectivity index (χ1v) is 20.9. The molecule has 328 valence electrons. The van der Waals surface area contributed by atoms with Gasteiger partial charge >= 0.3 is 29.8 Å². The van der Waals surface area contributed by atoms with Gasteiger partial charge in [0.15, 0.2) is 5.78 Å². The molecule has 7 aliphatic rings. The number of ketones is 1. The Balaban J connectivity index is 1.52. The number of primary amides is 1. The summed E-state index contributed by atoms with van der Waals surface area (Å²) in [6, 6.07) is -1.54. The molecule has 0 aromatic carbocycles. The summed E-state index contributed by atoms with van der Waals surface area (Å²) in [5.41, 5.74) is 4.03. The average molecular weight is 849 g/mol. The number of nitrogens with two attached hydrogens (primary N) is 1. The van der Waals surface area contributed by atoms with Crippen molar-refractivity contribution < 1.29 is 63.9 Å². The number of hydrogen-bond donors (Lipinski definition) is 8. The number of amides is 2. The molecule has 0 unspecified atom stereocenters. The second-order valence-corrected chi connectivity index (χ2v) is 18.4. The Labute approximate surface area is 350 Å². The van der Waals surface area contributed by atoms with Crippen LogP contribution in [0.5, 0.6) is 0 Å². The molecule has 2 amide bonds. The molecule has 7 rings (SSSR count). The van der Waals surface area contributed by atoms with Gasteiger partial charge in [0.1, 0.15) is 5.66 Å². The summed E-state index contributed by atoms with van der Waals surface area (Å²) >= 11 is 0. The van der Waals surface area contributed by atoms with E-state index in [2.05, 4.69) is 10.6 Å². The lowest BCUT2D eigenvalue weighted by Crippen LogP contribution is -2.59. The van der Waals surface area contributed by atoms with Gasteiger partial charge in [0.05, 0.1) is 41.9 Å². The van der Waals surface area contributed by atoms with E-state index in [-0.39, 0.29) is 112 Å². The van der Waals surface area contributed by atoms with E-state index in [4.69, 9.17) is 20.7 Å². The lowest BCUT2D eigenvalue weighted by Gasteiger charge is -2.42. The van der Waals surface area contributed by atoms with Gasteiger partial charge in [0.2, 0.25) is 11.8 Å². The number of allylic oxidation sites excluding steroid dienone is 4. The van der Waals surface area contributed by atoms with Gasteiger partial charge in [-0.05, 0) is 37.7 Å². The first-order chi connectivity index (χ1) is 28.7. The molecule has 0 aromatic rings. The van der Waals surface area contributed by atoms with E-state index >= 15 is 0 Å². The number of fused-ring (bicyclic) bond motifs is 4. The average Bonchev–Trinajstić information content (AvgIpc) is 3.83. The highest BCUT2D eigenvalue weighted by Crippen LogP contribution is 2.59. The van der Waals surface area contributed by atoms with Crippen LogP contribution in [0.2, 0.25) is 0 Å². The van der Waals surface area contributed by atoms with Gasteiger partial charge in [-0.2, -0.15) is 0 Å². The summed E-state index contributed by atoms with van der Waals surface area (Å²) in [6.07, 6.45) is -0.169. The van der Waals surface area contributed by atoms with Crippen LogP contribution in [-0.4, -0.2) is 108 Å². The molecule has 11 atom stereocenters. The van der Waals surface area contributed by atoms with Crippen molar-refractivity contribution in [1.29, 1.82) is 0 Å². The van der Waals surface area contributed by atoms with E-state index in [0.29, 0.717) is 17.1 Å². The molecule has 8 bridgehead atoms. The third-order valence-corrected chi connectivity index (χ3v) is 14.8. The van der Waals surface area contributed by atoms with Gasteiger partial charge in [-0.1, -0.05) is 13.8 Å². The number of carbonyl (C=O) groups excluding carboxylic acids is 3. The number of aliphatic imine (C=N–C) groups is 3. The van der Waals surface area contributed by atoms with Gasteiger partial charge in [-0.3, -0.25) is 53.3 Å². The molecule has 1 spiro atoms. The second-order valence-electron chi connectivity index (χ2n) is 18.4. The van der Waals surface area contributed by atoms with E-state index in [1.54, 1.807) is 13.0 Å². The molecule has 2 saturated heterocycles. The first kappa shape index (κ1) is 43.3. The Morgan fingerprint density at radius 1 is 0.820 bits per heavy atom. The monoisotopic (exact) mass is 848 g/mol. The number of aliphatic carboxylic acids is 5. The van der Waals surface area contributed by atoms with E-state index in [9.17, 15) is 63.9 Å². The highest BCUT2D eigenvalue weighted by Gasteiger charge is 2.66. The Morgan fingerprint density at radius 3 is 2.11 bits per heavy atom. The summed E-state index contributed by atoms with van der Waals surface area (Å²) in [6.45, 7) is 3.63. The number of Topliss-reactive ketones (excluding diaryl/α,β-unsaturated/α-hetero) is 1. The van der Waals surface area contributed by atoms with Crippen molar-refractivity contribution in [2.45, 2.75) is 121 Å². The van der Waals surface area contributed by atoms with Crippen LogP contribution in [0.15, 0.2) is 38.0 Å². The van der Waals surface area contributed by atoms with Gasteiger partial charge in [-0.15, -0.1) is 0 Å². The van der Waals surface area contributed by atoms with Crippen LogP contribution in [0.25, 0.3) is 0 Å². The summed E-state index contributed by atoms with van der Waals surface area (Å²) in [5.74, 6) is -11.4. The highest BCUT2D eigenvalue weighted by atomic mass is 16.4. The van der Waals surface area contributed by atoms with Crippen LogP contribution in [0.1, 0.15) is 104 Å². The maximum atomic E-state index is 14.2. The summed E-state index contributed by atoms with van der Waals surface area (Å²) in [5, 5.41) is 56.8. The SMILES string of the molecule is C[C@@]12CC(=O)N[C@@]13C[C@@H]1N=C(C[C@H]4N=C5/C(=C6\N=C(C=C(N3)[C@H]2CCC(=O)O)[C@@H](CC(=O)O)[C@@H]6CCC(=O)O)C(=O)CC[C@H]5[C@@H]4CC(=O)O)[C@@](C)(CC(N)=O)[C@@H]1CCC(=O)O. The van der Waals surface area contributed by atoms with Gasteiger partial charge in [-0.25, -0.2) is 0 Å². The molecule has 0 aromatic heterocycles. The Bertz CT molecular complexity index is 2160. The zero-order valence-electron chi connectivity index (χ0n) is 34.0. The van der Waals surface area contributed by atoms with Gasteiger partial charge in [0.25, 0.3) is 0 Å². The molecule has 6 heterocycles. The van der Waals surface area contributed by atoms with Crippen LogP contribution < -0.4 is 16.4 Å². The van der Waals surface area contributed by atoms with Crippen LogP contribution in [0.3, 0.4) is 0 Å². The highest BCUT2D eigenvalue weighted by molar-refractivity contribution is 6.26. The standard InChI is InChI=1S/C42H52N6O13/c1-40(16-30(43)50)22(5-9-33(54)55)27-15-42-41(2,17-31(51)48-42)23(6-10-34(56)57)26(47-42)13-24-20(11-35(58)59)19(4-8-32(52)53)39(45-24)37-28(49)7-3-18-21(12-36(60)61)25(46-38(18)37)14-29(40)44-27/h13,18-23,25,27,47H,3-12,14-17H2,1-2H3,(H2,43,50)(H,48,51)(H,52,53)(H,54,55)(H,56,57)(H,58,59)(H,60,61)/b26-13?,39-37-/t18-,19-,20-,21-,22+,23+,25+,27-,40-,41-,42-/m0/s1. The van der Waals surface area contributed by atoms with Gasteiger partial charge < -0.3 is 41.9 Å². The van der Waals surface area contributed by atoms with E-state index in [1.165, 1.54) is 0 Å². The minimum Gasteiger partial charge on any atom is -0.481 e. The minimum atomic E-state index is -1.34. The number of carbonyl (C=O) groups is 8. The van der Waals surface area contributed by atoms with Crippen molar-refractivity contribution in [3.05, 3.63) is 23.0 Å². The Kier molecular flexibility index (Phi) is 11.3. The van der Waals surface area contributed by atoms with Crippen molar-refractivity contribution in [3.63, 3.8) is 0 Å². The number of nitrogens with zero attached hydrogens (tertiary/aromatic N) is 3. The zero-order valence-corrected chi connectivity index (χ0v) is 34.0. The van der Waals surface area contributed by atoms with Crippen LogP contribution in [-0.2, 0) is 38.4 Å². The minimum absolute atomic E-state index is 0.00832. The van der Waals surface area contributed by atoms with Crippen LogP contribution >= 0.6 is 0 Å². The lowest BCUT2D eigenvalue weighted by atomic mass is 9.63. The third kappa shape index (κ3) is 7.75. The molecule has 61 heavy (non-hydrogen) atoms. The molecule has 19 nitrogen and oxygen atoms in total. The topological polar surface area (TPSA) is 325 Å². The number of hydrogen-bond acceptors (Lipinski definition) is 12. The van der Waals surface area contributed by atoms with Crippen molar-refractivity contribution in [2.24, 2.45) is 67.0 Å². The predicted molar refractivity (Wildman–Crippen MR) is 213 cm³/mol. The number of nitrogens with one attached hydrogen (secondary N) is 2. The second kappa shape index (κ2) is 15.9.